The summed E-state index contributed by atoms with van der Waals surface area (Å²) in [4.78, 5) is 0.814. The third-order valence-corrected chi connectivity index (χ3v) is 5.23. The Bertz CT molecular complexity index is 501. The van der Waals surface area contributed by atoms with Crippen LogP contribution in [0, 0.1) is 23.7 Å². The van der Waals surface area contributed by atoms with Crippen LogP contribution >= 0.6 is 0 Å². The smallest absolute Gasteiger partial charge is 0.0627 e. The van der Waals surface area contributed by atoms with E-state index in [1.807, 2.05) is 25.1 Å². The molecule has 0 aliphatic heterocycles. The zero-order chi connectivity index (χ0) is 12.5. The lowest BCUT2D eigenvalue weighted by atomic mass is 10.1. The molecule has 0 aromatic heterocycles. The molecule has 17 heavy (non-hydrogen) atoms. The van der Waals surface area contributed by atoms with Gasteiger partial charge in [-0.05, 0) is 42.9 Å². The van der Waals surface area contributed by atoms with Crippen LogP contribution < -0.4 is 5.73 Å². The van der Waals surface area contributed by atoms with E-state index in [0.717, 1.165) is 23.3 Å². The number of hydrogen-bond donors (Lipinski definition) is 1. The number of rotatable bonds is 4. The summed E-state index contributed by atoms with van der Waals surface area (Å²) in [6.07, 6.45) is 2.56. The first-order valence-corrected chi connectivity index (χ1v) is 7.00. The highest BCUT2D eigenvalue weighted by Crippen LogP contribution is 2.49. The molecule has 2 N–H and O–H groups in total. The standard InChI is InChI=1S/C13H16N2OS/c1-10-11(15)3-2-4-12(10)17(16)9-13(5-6-13)7-8-14/h2-4H,5-7,9,15H2,1H3. The quantitative estimate of drug-likeness (QED) is 0.832. The van der Waals surface area contributed by atoms with Gasteiger partial charge in [0.1, 0.15) is 0 Å². The molecule has 0 saturated heterocycles. The van der Waals surface area contributed by atoms with Crippen LogP contribution in [-0.2, 0) is 10.8 Å². The summed E-state index contributed by atoms with van der Waals surface area (Å²) in [6.45, 7) is 1.90. The van der Waals surface area contributed by atoms with Gasteiger partial charge in [0.05, 0.1) is 16.9 Å². The summed E-state index contributed by atoms with van der Waals surface area (Å²) >= 11 is 0. The van der Waals surface area contributed by atoms with Crippen molar-refractivity contribution in [1.29, 1.82) is 5.26 Å². The van der Waals surface area contributed by atoms with Crippen molar-refractivity contribution in [1.82, 2.24) is 0 Å². The lowest BCUT2D eigenvalue weighted by Gasteiger charge is -2.12. The second-order valence-electron chi connectivity index (χ2n) is 4.80. The Balaban J connectivity index is 2.16. The van der Waals surface area contributed by atoms with Crippen LogP contribution in [-0.4, -0.2) is 9.96 Å². The Hall–Kier alpha value is -1.34. The molecule has 2 rings (SSSR count). The van der Waals surface area contributed by atoms with E-state index in [1.54, 1.807) is 0 Å². The number of nitrogens with two attached hydrogens (primary N) is 1. The number of anilines is 1. The minimum atomic E-state index is -1.04. The fraction of sp³-hybridized carbons (Fsp3) is 0.462. The minimum absolute atomic E-state index is 0.0106. The fourth-order valence-electron chi connectivity index (χ4n) is 1.95. The first kappa shape index (κ1) is 12.1. The normalized spacial score (nSPS) is 18.4. The van der Waals surface area contributed by atoms with Gasteiger partial charge in [0.2, 0.25) is 0 Å². The Morgan fingerprint density at radius 2 is 2.24 bits per heavy atom. The van der Waals surface area contributed by atoms with Gasteiger partial charge in [-0.1, -0.05) is 6.07 Å². The minimum Gasteiger partial charge on any atom is -0.398 e. The van der Waals surface area contributed by atoms with E-state index in [2.05, 4.69) is 6.07 Å². The molecule has 1 saturated carbocycles. The summed E-state index contributed by atoms with van der Waals surface area (Å²) in [5.74, 6) is 0.588. The van der Waals surface area contributed by atoms with Crippen LogP contribution in [0.1, 0.15) is 24.8 Å². The maximum absolute atomic E-state index is 12.3. The van der Waals surface area contributed by atoms with Crippen molar-refractivity contribution in [2.24, 2.45) is 5.41 Å². The largest absolute Gasteiger partial charge is 0.398 e. The van der Waals surface area contributed by atoms with Crippen LogP contribution in [0.4, 0.5) is 5.69 Å². The molecule has 0 spiro atoms. The highest BCUT2D eigenvalue weighted by Gasteiger charge is 2.44. The zero-order valence-corrected chi connectivity index (χ0v) is 10.7. The maximum Gasteiger partial charge on any atom is 0.0627 e. The Morgan fingerprint density at radius 3 is 2.82 bits per heavy atom. The SMILES string of the molecule is Cc1c(N)cccc1S(=O)CC1(CC#N)CC1. The monoisotopic (exact) mass is 248 g/mol. The van der Waals surface area contributed by atoms with Gasteiger partial charge < -0.3 is 5.73 Å². The molecule has 1 fully saturated rings. The topological polar surface area (TPSA) is 66.9 Å². The van der Waals surface area contributed by atoms with Crippen molar-refractivity contribution < 1.29 is 4.21 Å². The molecule has 1 aromatic carbocycles. The molecule has 1 aromatic rings. The Labute approximate surface area is 104 Å². The Morgan fingerprint density at radius 1 is 1.53 bits per heavy atom. The van der Waals surface area contributed by atoms with Crippen LogP contribution in [0.5, 0.6) is 0 Å². The lowest BCUT2D eigenvalue weighted by molar-refractivity contribution is 0.587. The molecule has 1 aliphatic carbocycles. The molecule has 0 heterocycles. The van der Waals surface area contributed by atoms with Crippen molar-refractivity contribution >= 4 is 16.5 Å². The number of nitrogens with zero attached hydrogens (tertiary/aromatic N) is 1. The highest BCUT2D eigenvalue weighted by atomic mass is 32.2. The van der Waals surface area contributed by atoms with Gasteiger partial charge in [-0.3, -0.25) is 4.21 Å². The van der Waals surface area contributed by atoms with Crippen molar-refractivity contribution in [2.45, 2.75) is 31.1 Å². The maximum atomic E-state index is 12.3. The first-order chi connectivity index (χ1) is 8.08. The molecule has 0 radical (unpaired) electrons. The van der Waals surface area contributed by atoms with Crippen LogP contribution in [0.2, 0.25) is 0 Å². The second-order valence-corrected chi connectivity index (χ2v) is 6.21. The van der Waals surface area contributed by atoms with Crippen LogP contribution in [0.25, 0.3) is 0 Å². The molecule has 90 valence electrons. The summed E-state index contributed by atoms with van der Waals surface area (Å²) in [5.41, 5.74) is 7.40. The average Bonchev–Trinajstić information content (AvgIpc) is 3.02. The third-order valence-electron chi connectivity index (χ3n) is 3.42. The molecule has 0 amide bonds. The van der Waals surface area contributed by atoms with Gasteiger partial charge in [0.25, 0.3) is 0 Å². The summed E-state index contributed by atoms with van der Waals surface area (Å²) in [6, 6.07) is 7.71. The predicted octanol–water partition coefficient (Wildman–Crippen LogP) is 2.38. The van der Waals surface area contributed by atoms with E-state index < -0.39 is 10.8 Å². The number of benzene rings is 1. The van der Waals surface area contributed by atoms with Crippen molar-refractivity contribution in [3.8, 4) is 6.07 Å². The van der Waals surface area contributed by atoms with E-state index in [0.29, 0.717) is 17.9 Å². The predicted molar refractivity (Wildman–Crippen MR) is 68.8 cm³/mol. The molecule has 0 bridgehead atoms. The summed E-state index contributed by atoms with van der Waals surface area (Å²) in [7, 11) is -1.04. The molecule has 4 heteroatoms. The number of nitrogen functional groups attached to an aromatic ring is 1. The summed E-state index contributed by atoms with van der Waals surface area (Å²) in [5, 5.41) is 8.76. The van der Waals surface area contributed by atoms with Gasteiger partial charge >= 0.3 is 0 Å². The zero-order valence-electron chi connectivity index (χ0n) is 9.90. The van der Waals surface area contributed by atoms with Crippen molar-refractivity contribution in [3.05, 3.63) is 23.8 Å². The third kappa shape index (κ3) is 2.50. The average molecular weight is 248 g/mol. The van der Waals surface area contributed by atoms with Crippen molar-refractivity contribution in [2.75, 3.05) is 11.5 Å². The van der Waals surface area contributed by atoms with Gasteiger partial charge in [0.15, 0.2) is 0 Å². The van der Waals surface area contributed by atoms with Gasteiger partial charge in [0, 0.05) is 22.8 Å². The molecular weight excluding hydrogens is 232 g/mol. The van der Waals surface area contributed by atoms with Crippen LogP contribution in [0.15, 0.2) is 23.1 Å². The number of hydrogen-bond acceptors (Lipinski definition) is 3. The molecule has 1 aliphatic rings. The lowest BCUT2D eigenvalue weighted by Crippen LogP contribution is -2.13. The second kappa shape index (κ2) is 4.50. The highest BCUT2D eigenvalue weighted by molar-refractivity contribution is 7.85. The van der Waals surface area contributed by atoms with E-state index in [1.165, 1.54) is 0 Å². The van der Waals surface area contributed by atoms with E-state index in [4.69, 9.17) is 11.0 Å². The fourth-order valence-corrected chi connectivity index (χ4v) is 3.74. The van der Waals surface area contributed by atoms with Crippen LogP contribution in [0.3, 0.4) is 0 Å². The molecule has 3 nitrogen and oxygen atoms in total. The molecule has 1 unspecified atom stereocenters. The Kier molecular flexibility index (Phi) is 3.21. The molecular formula is C13H16N2OS. The van der Waals surface area contributed by atoms with E-state index in [-0.39, 0.29) is 5.41 Å². The number of nitriles is 1. The van der Waals surface area contributed by atoms with Gasteiger partial charge in [-0.25, -0.2) is 0 Å². The van der Waals surface area contributed by atoms with E-state index in [9.17, 15) is 4.21 Å². The first-order valence-electron chi connectivity index (χ1n) is 5.68. The van der Waals surface area contributed by atoms with Gasteiger partial charge in [-0.2, -0.15) is 5.26 Å². The van der Waals surface area contributed by atoms with Crippen molar-refractivity contribution in [3.63, 3.8) is 0 Å². The van der Waals surface area contributed by atoms with Gasteiger partial charge in [-0.15, -0.1) is 0 Å². The van der Waals surface area contributed by atoms with E-state index >= 15 is 0 Å². The molecule has 1 atom stereocenters. The summed E-state index contributed by atoms with van der Waals surface area (Å²) < 4.78 is 12.3.